The number of aliphatic hydroxyl groups is 1. The second-order valence-electron chi connectivity index (χ2n) is 6.56. The zero-order valence-corrected chi connectivity index (χ0v) is 14.2. The molecule has 2 aromatic rings. The van der Waals surface area contributed by atoms with Gasteiger partial charge in [-0.15, -0.1) is 0 Å². The van der Waals surface area contributed by atoms with E-state index in [1.54, 1.807) is 6.07 Å². The molecule has 0 aromatic heterocycles. The van der Waals surface area contributed by atoms with Gasteiger partial charge in [0.15, 0.2) is 11.6 Å². The molecule has 0 radical (unpaired) electrons. The van der Waals surface area contributed by atoms with Gasteiger partial charge in [0.1, 0.15) is 0 Å². The molecule has 1 saturated heterocycles. The van der Waals surface area contributed by atoms with Crippen LogP contribution in [0.15, 0.2) is 42.5 Å². The summed E-state index contributed by atoms with van der Waals surface area (Å²) < 4.78 is 26.3. The number of rotatable bonds is 6. The van der Waals surface area contributed by atoms with E-state index < -0.39 is 11.6 Å². The average Bonchev–Trinajstić information content (AvgIpc) is 2.65. The fraction of sp³-hybridized carbons (Fsp3) is 0.400. The van der Waals surface area contributed by atoms with Crippen molar-refractivity contribution in [1.29, 1.82) is 0 Å². The second kappa shape index (κ2) is 8.30. The van der Waals surface area contributed by atoms with Gasteiger partial charge in [-0.05, 0) is 55.0 Å². The molecule has 25 heavy (non-hydrogen) atoms. The molecular weight excluding hydrogens is 322 g/mol. The number of nitrogens with one attached hydrogen (secondary N) is 1. The van der Waals surface area contributed by atoms with Gasteiger partial charge in [0.2, 0.25) is 0 Å². The number of aliphatic hydroxyl groups excluding tert-OH is 1. The fourth-order valence-electron chi connectivity index (χ4n) is 3.29. The Morgan fingerprint density at radius 1 is 1.04 bits per heavy atom. The lowest BCUT2D eigenvalue weighted by Gasteiger charge is -2.34. The summed E-state index contributed by atoms with van der Waals surface area (Å²) in [6, 6.07) is 12.2. The maximum absolute atomic E-state index is 13.3. The normalized spacial score (nSPS) is 15.4. The summed E-state index contributed by atoms with van der Waals surface area (Å²) in [7, 11) is 0. The zero-order chi connectivity index (χ0) is 17.6. The zero-order valence-electron chi connectivity index (χ0n) is 14.2. The van der Waals surface area contributed by atoms with Crippen molar-refractivity contribution in [3.05, 3.63) is 59.7 Å². The van der Waals surface area contributed by atoms with Gasteiger partial charge >= 0.3 is 0 Å². The van der Waals surface area contributed by atoms with Crippen LogP contribution in [0.25, 0.3) is 0 Å². The maximum Gasteiger partial charge on any atom is 0.159 e. The Morgan fingerprint density at radius 3 is 2.52 bits per heavy atom. The molecule has 3 nitrogen and oxygen atoms in total. The van der Waals surface area contributed by atoms with Crippen LogP contribution in [0.3, 0.4) is 0 Å². The lowest BCUT2D eigenvalue weighted by Crippen LogP contribution is -2.35. The lowest BCUT2D eigenvalue weighted by molar-refractivity contribution is 0.203. The molecule has 0 bridgehead atoms. The second-order valence-corrected chi connectivity index (χ2v) is 6.56. The third-order valence-corrected chi connectivity index (χ3v) is 4.83. The van der Waals surface area contributed by atoms with Crippen LogP contribution in [0.5, 0.6) is 0 Å². The summed E-state index contributed by atoms with van der Waals surface area (Å²) in [6.07, 6.45) is 2.62. The van der Waals surface area contributed by atoms with E-state index in [0.29, 0.717) is 18.9 Å². The van der Waals surface area contributed by atoms with Crippen molar-refractivity contribution in [2.75, 3.05) is 36.5 Å². The summed E-state index contributed by atoms with van der Waals surface area (Å²) in [5.41, 5.74) is 2.98. The van der Waals surface area contributed by atoms with E-state index in [0.717, 1.165) is 42.9 Å². The first kappa shape index (κ1) is 17.7. The first-order chi connectivity index (χ1) is 12.2. The molecule has 2 aromatic carbocycles. The molecular formula is C20H24F2N2O. The highest BCUT2D eigenvalue weighted by molar-refractivity contribution is 5.70. The molecule has 0 spiro atoms. The van der Waals surface area contributed by atoms with Crippen LogP contribution in [0, 0.1) is 17.6 Å². The van der Waals surface area contributed by atoms with E-state index in [2.05, 4.69) is 16.3 Å². The van der Waals surface area contributed by atoms with Crippen LogP contribution >= 0.6 is 0 Å². The first-order valence-electron chi connectivity index (χ1n) is 8.80. The van der Waals surface area contributed by atoms with Gasteiger partial charge in [0.05, 0.1) is 11.4 Å². The van der Waals surface area contributed by atoms with Crippen molar-refractivity contribution in [3.63, 3.8) is 0 Å². The van der Waals surface area contributed by atoms with Crippen LogP contribution in [0.1, 0.15) is 18.4 Å². The molecule has 1 fully saturated rings. The van der Waals surface area contributed by atoms with Gasteiger partial charge < -0.3 is 15.3 Å². The van der Waals surface area contributed by atoms with Gasteiger partial charge in [-0.2, -0.15) is 0 Å². The highest BCUT2D eigenvalue weighted by Gasteiger charge is 2.20. The van der Waals surface area contributed by atoms with Gasteiger partial charge in [0, 0.05) is 26.2 Å². The minimum Gasteiger partial charge on any atom is -0.396 e. The van der Waals surface area contributed by atoms with E-state index in [1.165, 1.54) is 12.1 Å². The Balaban J connectivity index is 1.60. The van der Waals surface area contributed by atoms with E-state index in [1.807, 2.05) is 18.2 Å². The molecule has 134 valence electrons. The molecule has 5 heteroatoms. The van der Waals surface area contributed by atoms with E-state index in [9.17, 15) is 13.9 Å². The third kappa shape index (κ3) is 4.48. The van der Waals surface area contributed by atoms with Crippen LogP contribution in [-0.2, 0) is 6.42 Å². The number of hydrogen-bond acceptors (Lipinski definition) is 3. The van der Waals surface area contributed by atoms with Crippen LogP contribution in [0.4, 0.5) is 20.2 Å². The Labute approximate surface area is 147 Å². The Hall–Kier alpha value is -2.14. The van der Waals surface area contributed by atoms with Gasteiger partial charge in [-0.3, -0.25) is 0 Å². The molecule has 0 atom stereocenters. The molecule has 0 unspecified atom stereocenters. The number of halogens is 2. The first-order valence-corrected chi connectivity index (χ1v) is 8.80. The Kier molecular flexibility index (Phi) is 5.87. The van der Waals surface area contributed by atoms with Crippen LogP contribution < -0.4 is 10.2 Å². The molecule has 1 aliphatic rings. The number of piperidine rings is 1. The van der Waals surface area contributed by atoms with E-state index >= 15 is 0 Å². The van der Waals surface area contributed by atoms with Gasteiger partial charge in [-0.1, -0.05) is 18.2 Å². The Bertz CT molecular complexity index is 700. The number of nitrogens with zero attached hydrogens (tertiary/aromatic N) is 1. The summed E-state index contributed by atoms with van der Waals surface area (Å²) in [6.45, 7) is 2.79. The predicted molar refractivity (Wildman–Crippen MR) is 97.0 cm³/mol. The minimum atomic E-state index is -0.812. The highest BCUT2D eigenvalue weighted by Crippen LogP contribution is 2.29. The van der Waals surface area contributed by atoms with Crippen LogP contribution in [-0.4, -0.2) is 31.3 Å². The van der Waals surface area contributed by atoms with Crippen molar-refractivity contribution in [1.82, 2.24) is 0 Å². The highest BCUT2D eigenvalue weighted by atomic mass is 19.2. The van der Waals surface area contributed by atoms with Crippen LogP contribution in [0.2, 0.25) is 0 Å². The topological polar surface area (TPSA) is 35.5 Å². The van der Waals surface area contributed by atoms with Crippen molar-refractivity contribution in [2.24, 2.45) is 5.92 Å². The molecule has 0 amide bonds. The monoisotopic (exact) mass is 346 g/mol. The largest absolute Gasteiger partial charge is 0.396 e. The predicted octanol–water partition coefficient (Wildman–Crippen LogP) is 3.83. The molecule has 0 aliphatic carbocycles. The molecule has 2 N–H and O–H groups in total. The van der Waals surface area contributed by atoms with Gasteiger partial charge in [0.25, 0.3) is 0 Å². The summed E-state index contributed by atoms with van der Waals surface area (Å²) in [4.78, 5) is 2.34. The summed E-state index contributed by atoms with van der Waals surface area (Å²) in [5, 5.41) is 12.7. The standard InChI is InChI=1S/C20H24F2N2O/c21-17-6-5-15(13-18(17)22)7-10-23-19-3-1-2-4-20(19)24-11-8-16(14-25)9-12-24/h1-6,13,16,23,25H,7-12,14H2. The van der Waals surface area contributed by atoms with E-state index in [4.69, 9.17) is 0 Å². The van der Waals surface area contributed by atoms with Gasteiger partial charge in [-0.25, -0.2) is 8.78 Å². The summed E-state index contributed by atoms with van der Waals surface area (Å²) >= 11 is 0. The number of hydrogen-bond donors (Lipinski definition) is 2. The van der Waals surface area contributed by atoms with Crippen molar-refractivity contribution in [3.8, 4) is 0 Å². The lowest BCUT2D eigenvalue weighted by atomic mass is 9.97. The minimum absolute atomic E-state index is 0.266. The number of para-hydroxylation sites is 2. The number of benzene rings is 2. The maximum atomic E-state index is 13.3. The SMILES string of the molecule is OCC1CCN(c2ccccc2NCCc2ccc(F)c(F)c2)CC1. The van der Waals surface area contributed by atoms with Crippen molar-refractivity contribution < 1.29 is 13.9 Å². The molecule has 1 aliphatic heterocycles. The van der Waals surface area contributed by atoms with E-state index in [-0.39, 0.29) is 6.61 Å². The average molecular weight is 346 g/mol. The smallest absolute Gasteiger partial charge is 0.159 e. The molecule has 3 rings (SSSR count). The quantitative estimate of drug-likeness (QED) is 0.834. The third-order valence-electron chi connectivity index (χ3n) is 4.83. The molecule has 1 heterocycles. The van der Waals surface area contributed by atoms with Crippen molar-refractivity contribution in [2.45, 2.75) is 19.3 Å². The molecule has 0 saturated carbocycles. The van der Waals surface area contributed by atoms with Crippen molar-refractivity contribution >= 4 is 11.4 Å². The Morgan fingerprint density at radius 2 is 1.80 bits per heavy atom. The fourth-order valence-corrected chi connectivity index (χ4v) is 3.29. The summed E-state index contributed by atoms with van der Waals surface area (Å²) in [5.74, 6) is -1.21. The number of anilines is 2.